The lowest BCUT2D eigenvalue weighted by Crippen LogP contribution is -2.37. The van der Waals surface area contributed by atoms with Gasteiger partial charge in [0, 0.05) is 12.8 Å². The fourth-order valence-corrected chi connectivity index (χ4v) is 9.35. The lowest BCUT2D eigenvalue weighted by molar-refractivity contribution is -0.870. The molecule has 0 aromatic heterocycles. The first-order valence-corrected chi connectivity index (χ1v) is 35.3. The first kappa shape index (κ1) is 81.4. The molecule has 0 aromatic rings. The number of esters is 2. The molecule has 0 N–H and O–H groups in total. The van der Waals surface area contributed by atoms with Crippen molar-refractivity contribution in [1.29, 1.82) is 0 Å². The van der Waals surface area contributed by atoms with Crippen molar-refractivity contribution < 1.29 is 42.1 Å². The quantitative estimate of drug-likeness (QED) is 0.0195. The van der Waals surface area contributed by atoms with E-state index in [2.05, 4.69) is 184 Å². The third-order valence-corrected chi connectivity index (χ3v) is 14.7. The zero-order valence-corrected chi connectivity index (χ0v) is 56.1. The van der Waals surface area contributed by atoms with E-state index < -0.39 is 32.5 Å². The zero-order chi connectivity index (χ0) is 62.6. The number of phosphoric acid groups is 1. The van der Waals surface area contributed by atoms with Crippen LogP contribution in [0.5, 0.6) is 0 Å². The van der Waals surface area contributed by atoms with Crippen LogP contribution >= 0.6 is 7.82 Å². The maximum absolute atomic E-state index is 12.9. The molecule has 0 fully saturated rings. The molecule has 0 aliphatic rings. The van der Waals surface area contributed by atoms with Crippen molar-refractivity contribution in [1.82, 2.24) is 0 Å². The van der Waals surface area contributed by atoms with Crippen molar-refractivity contribution in [3.63, 3.8) is 0 Å². The summed E-state index contributed by atoms with van der Waals surface area (Å²) in [6.07, 6.45) is 98.4. The second-order valence-corrected chi connectivity index (χ2v) is 24.5. The average molecular weight is 1210 g/mol. The monoisotopic (exact) mass is 1210 g/mol. The minimum absolute atomic E-state index is 0.0435. The van der Waals surface area contributed by atoms with Crippen LogP contribution in [0, 0.1) is 0 Å². The summed E-state index contributed by atoms with van der Waals surface area (Å²) < 4.78 is 34.3. The molecular formula is C76H124NO8P. The maximum atomic E-state index is 12.9. The molecule has 0 aromatic carbocycles. The minimum atomic E-state index is -4.66. The first-order valence-electron chi connectivity index (χ1n) is 33.8. The van der Waals surface area contributed by atoms with Crippen molar-refractivity contribution in [3.05, 3.63) is 170 Å². The van der Waals surface area contributed by atoms with Crippen molar-refractivity contribution >= 4 is 19.8 Å². The average Bonchev–Trinajstić information content (AvgIpc) is 3.56. The number of carbonyl (C=O) groups is 2. The Kier molecular flexibility index (Phi) is 61.3. The standard InChI is InChI=1S/C76H124NO8P/c1-6-8-10-12-14-16-18-20-22-24-26-28-30-32-34-36-38-40-42-44-46-48-50-52-54-56-58-60-62-64-66-68-75(78)82-72-74(73-84-86(80,81)83-71-70-77(3,4)5)85-76(79)69-67-65-63-61-59-57-55-53-51-49-47-45-43-41-39-37-35-33-31-29-27-25-23-21-19-17-15-13-11-9-7-2/h8-11,14-17,20-23,26-29,32-35,38-41,45,47,51,53,74H,6-7,12-13,18-19,24-25,30-31,36-37,42-44,46,48-50,52,54-73H2,1-5H3/b10-8-,11-9-,16-14-,17-15-,22-20-,23-21-,28-26-,29-27-,34-32-,35-33-,40-38-,41-39-,47-45-,53-51-. The molecule has 10 heteroatoms. The highest BCUT2D eigenvalue weighted by atomic mass is 31.2. The Labute approximate surface area is 528 Å². The van der Waals surface area contributed by atoms with Crippen LogP contribution < -0.4 is 4.89 Å². The molecule has 0 saturated heterocycles. The molecule has 0 spiro atoms. The van der Waals surface area contributed by atoms with E-state index in [-0.39, 0.29) is 26.1 Å². The van der Waals surface area contributed by atoms with E-state index >= 15 is 0 Å². The summed E-state index contributed by atoms with van der Waals surface area (Å²) in [7, 11) is 1.13. The number of carbonyl (C=O) groups excluding carboxylic acids is 2. The van der Waals surface area contributed by atoms with Crippen LogP contribution in [0.15, 0.2) is 170 Å². The van der Waals surface area contributed by atoms with Crippen LogP contribution in [-0.2, 0) is 32.7 Å². The maximum Gasteiger partial charge on any atom is 0.306 e. The van der Waals surface area contributed by atoms with Crippen molar-refractivity contribution in [2.75, 3.05) is 47.5 Å². The van der Waals surface area contributed by atoms with Crippen molar-refractivity contribution in [2.45, 2.75) is 251 Å². The number of phosphoric ester groups is 1. The van der Waals surface area contributed by atoms with E-state index in [4.69, 9.17) is 18.5 Å². The van der Waals surface area contributed by atoms with E-state index in [9.17, 15) is 19.0 Å². The predicted molar refractivity (Wildman–Crippen MR) is 369 cm³/mol. The van der Waals surface area contributed by atoms with Gasteiger partial charge in [-0.25, -0.2) is 0 Å². The van der Waals surface area contributed by atoms with E-state index in [1.807, 2.05) is 21.1 Å². The number of likely N-dealkylation sites (N-methyl/N-ethyl adjacent to an activating group) is 1. The molecule has 0 bridgehead atoms. The third-order valence-electron chi connectivity index (χ3n) is 13.7. The number of hydrogen-bond acceptors (Lipinski definition) is 8. The summed E-state index contributed by atoms with van der Waals surface area (Å²) in [5.41, 5.74) is 0. The molecule has 2 unspecified atom stereocenters. The lowest BCUT2D eigenvalue weighted by atomic mass is 10.0. The largest absolute Gasteiger partial charge is 0.756 e. The van der Waals surface area contributed by atoms with Gasteiger partial charge in [0.05, 0.1) is 27.7 Å². The second-order valence-electron chi connectivity index (χ2n) is 23.1. The van der Waals surface area contributed by atoms with Crippen LogP contribution in [0.2, 0.25) is 0 Å². The van der Waals surface area contributed by atoms with E-state index in [0.29, 0.717) is 17.4 Å². The van der Waals surface area contributed by atoms with Gasteiger partial charge in [-0.05, 0) is 128 Å². The highest BCUT2D eigenvalue weighted by molar-refractivity contribution is 7.45. The summed E-state index contributed by atoms with van der Waals surface area (Å²) in [6.45, 7) is 3.98. The molecule has 0 aliphatic heterocycles. The second kappa shape index (κ2) is 64.8. The number of nitrogens with zero attached hydrogens (tertiary/aromatic N) is 1. The third kappa shape index (κ3) is 68.5. The Morgan fingerprint density at radius 1 is 0.360 bits per heavy atom. The zero-order valence-electron chi connectivity index (χ0n) is 55.2. The van der Waals surface area contributed by atoms with Gasteiger partial charge < -0.3 is 27.9 Å². The van der Waals surface area contributed by atoms with Crippen molar-refractivity contribution in [2.24, 2.45) is 0 Å². The molecule has 2 atom stereocenters. The fourth-order valence-electron chi connectivity index (χ4n) is 8.62. The Morgan fingerprint density at radius 3 is 0.930 bits per heavy atom. The molecular weight excluding hydrogens is 1090 g/mol. The highest BCUT2D eigenvalue weighted by Gasteiger charge is 2.22. The summed E-state index contributed by atoms with van der Waals surface area (Å²) in [4.78, 5) is 38.1. The highest BCUT2D eigenvalue weighted by Crippen LogP contribution is 2.38. The summed E-state index contributed by atoms with van der Waals surface area (Å²) in [6, 6.07) is 0. The fraction of sp³-hybridized carbons (Fsp3) is 0.605. The van der Waals surface area contributed by atoms with Crippen LogP contribution in [0.25, 0.3) is 0 Å². The number of ether oxygens (including phenoxy) is 2. The van der Waals surface area contributed by atoms with Gasteiger partial charge in [0.2, 0.25) is 0 Å². The van der Waals surface area contributed by atoms with E-state index in [1.54, 1.807) is 0 Å². The number of allylic oxidation sites excluding steroid dienone is 28. The number of unbranched alkanes of at least 4 members (excludes halogenated alkanes) is 18. The first-order chi connectivity index (χ1) is 42.0. The lowest BCUT2D eigenvalue weighted by Gasteiger charge is -2.28. The number of hydrogen-bond donors (Lipinski definition) is 0. The van der Waals surface area contributed by atoms with Gasteiger partial charge in [0.25, 0.3) is 7.82 Å². The van der Waals surface area contributed by atoms with Gasteiger partial charge in [-0.3, -0.25) is 14.2 Å². The number of rotatable bonds is 60. The van der Waals surface area contributed by atoms with Gasteiger partial charge in [0.15, 0.2) is 6.10 Å². The minimum Gasteiger partial charge on any atom is -0.756 e. The van der Waals surface area contributed by atoms with E-state index in [0.717, 1.165) is 154 Å². The van der Waals surface area contributed by atoms with Gasteiger partial charge in [-0.2, -0.15) is 0 Å². The molecule has 0 saturated carbocycles. The van der Waals surface area contributed by atoms with Gasteiger partial charge >= 0.3 is 11.9 Å². The topological polar surface area (TPSA) is 111 Å². The van der Waals surface area contributed by atoms with Crippen LogP contribution in [-0.4, -0.2) is 70.0 Å². The summed E-state index contributed by atoms with van der Waals surface area (Å²) in [5.74, 6) is -0.863. The molecule has 86 heavy (non-hydrogen) atoms. The molecule has 0 radical (unpaired) electrons. The Morgan fingerprint density at radius 2 is 0.628 bits per heavy atom. The van der Waals surface area contributed by atoms with Crippen LogP contribution in [0.1, 0.15) is 245 Å². The smallest absolute Gasteiger partial charge is 0.306 e. The van der Waals surface area contributed by atoms with Crippen molar-refractivity contribution in [3.8, 4) is 0 Å². The molecule has 0 rings (SSSR count). The molecule has 9 nitrogen and oxygen atoms in total. The molecule has 0 amide bonds. The van der Waals surface area contributed by atoms with Crippen LogP contribution in [0.3, 0.4) is 0 Å². The van der Waals surface area contributed by atoms with Crippen LogP contribution in [0.4, 0.5) is 0 Å². The summed E-state index contributed by atoms with van der Waals surface area (Å²) >= 11 is 0. The summed E-state index contributed by atoms with van der Waals surface area (Å²) in [5, 5.41) is 0. The Balaban J connectivity index is 4.18. The SMILES string of the molecule is CC/C=C\C/C=C\C/C=C\C/C=C\C/C=C\C/C=C\C/C=C\C/C=C\CCCCCCCCC(=O)OC(COC(=O)CCCCCCCCCCCCCC/C=C\C/C=C\C/C=C\C/C=C\C/C=C\C/C=C\CC)COP(=O)([O-])OCC[N+](C)(C)C. The number of quaternary nitrogens is 1. The Bertz CT molecular complexity index is 2060. The molecule has 486 valence electrons. The molecule has 0 aliphatic carbocycles. The van der Waals surface area contributed by atoms with Gasteiger partial charge in [-0.15, -0.1) is 0 Å². The molecule has 0 heterocycles. The van der Waals surface area contributed by atoms with E-state index in [1.165, 1.54) is 57.8 Å². The van der Waals surface area contributed by atoms with Gasteiger partial charge in [-0.1, -0.05) is 274 Å². The predicted octanol–water partition coefficient (Wildman–Crippen LogP) is 21.5. The Hall–Kier alpha value is -4.63. The van der Waals surface area contributed by atoms with Gasteiger partial charge in [0.1, 0.15) is 19.8 Å². The normalized spacial score (nSPS) is 14.3.